The number of nitrogens with one attached hydrogen (secondary N) is 1. The molecule has 0 aliphatic heterocycles. The third kappa shape index (κ3) is 5.10. The lowest BCUT2D eigenvalue weighted by atomic mass is 9.76. The fourth-order valence-corrected chi connectivity index (χ4v) is 5.14. The van der Waals surface area contributed by atoms with Gasteiger partial charge in [0.05, 0.1) is 24.0 Å². The van der Waals surface area contributed by atoms with Crippen molar-refractivity contribution < 1.29 is 24.2 Å². The molecule has 7 heteroatoms. The van der Waals surface area contributed by atoms with Crippen molar-refractivity contribution in [1.82, 2.24) is 0 Å². The second-order valence-electron chi connectivity index (χ2n) is 8.25. The Morgan fingerprint density at radius 3 is 2.34 bits per heavy atom. The lowest BCUT2D eigenvalue weighted by molar-refractivity contribution is -0.146. The number of thiophene rings is 1. The van der Waals surface area contributed by atoms with Gasteiger partial charge in [0, 0.05) is 10.8 Å². The number of hydrogen-bond acceptors (Lipinski definition) is 5. The second-order valence-corrected chi connectivity index (χ2v) is 9.34. The number of carboxylic acids is 1. The summed E-state index contributed by atoms with van der Waals surface area (Å²) in [7, 11) is 0. The summed E-state index contributed by atoms with van der Waals surface area (Å²) >= 11 is 1.33. The van der Waals surface area contributed by atoms with Crippen molar-refractivity contribution in [3.05, 3.63) is 63.5 Å². The van der Waals surface area contributed by atoms with Crippen LogP contribution in [-0.2, 0) is 14.3 Å². The standard InChI is InChI=1S/C25H29NO5S/c1-5-31-25(30)20-13-21(16(4)17-9-7-6-8-10-17)32-23(20)26-22(27)18-11-14(2)15(3)12-19(18)24(28)29/h6-10,13,16,18-19H,5,11-12H2,1-4H3,(H,26,27)(H,28,29)/t16-,18-,19-/m1/s1. The Morgan fingerprint density at radius 2 is 1.75 bits per heavy atom. The van der Waals surface area contributed by atoms with Crippen LogP contribution >= 0.6 is 11.3 Å². The Hall–Kier alpha value is -2.93. The van der Waals surface area contributed by atoms with Gasteiger partial charge in [-0.2, -0.15) is 0 Å². The fraction of sp³-hybridized carbons (Fsp3) is 0.400. The lowest BCUT2D eigenvalue weighted by Gasteiger charge is -2.29. The zero-order valence-electron chi connectivity index (χ0n) is 18.8. The molecule has 3 rings (SSSR count). The molecular formula is C25H29NO5S. The first-order valence-electron chi connectivity index (χ1n) is 10.8. The first-order chi connectivity index (χ1) is 15.2. The van der Waals surface area contributed by atoms with E-state index >= 15 is 0 Å². The third-order valence-corrected chi connectivity index (χ3v) is 7.36. The van der Waals surface area contributed by atoms with E-state index in [2.05, 4.69) is 5.32 Å². The van der Waals surface area contributed by atoms with Gasteiger partial charge in [-0.25, -0.2) is 4.79 Å². The zero-order valence-corrected chi connectivity index (χ0v) is 19.6. The fourth-order valence-electron chi connectivity index (χ4n) is 4.01. The molecule has 1 aromatic heterocycles. The van der Waals surface area contributed by atoms with E-state index in [1.54, 1.807) is 13.0 Å². The number of rotatable bonds is 7. The summed E-state index contributed by atoms with van der Waals surface area (Å²) in [5, 5.41) is 12.9. The van der Waals surface area contributed by atoms with Crippen molar-refractivity contribution in [2.24, 2.45) is 11.8 Å². The summed E-state index contributed by atoms with van der Waals surface area (Å²) in [4.78, 5) is 38.5. The number of ether oxygens (including phenoxy) is 1. The number of carboxylic acid groups (broad SMARTS) is 1. The molecule has 0 bridgehead atoms. The molecule has 0 unspecified atom stereocenters. The van der Waals surface area contributed by atoms with E-state index in [-0.39, 0.29) is 18.4 Å². The van der Waals surface area contributed by atoms with Crippen molar-refractivity contribution >= 4 is 34.2 Å². The quantitative estimate of drug-likeness (QED) is 0.427. The van der Waals surface area contributed by atoms with Gasteiger partial charge in [0.1, 0.15) is 5.00 Å². The van der Waals surface area contributed by atoms with E-state index in [4.69, 9.17) is 4.74 Å². The van der Waals surface area contributed by atoms with E-state index in [1.807, 2.05) is 51.1 Å². The molecule has 1 aliphatic rings. The predicted octanol–water partition coefficient (Wildman–Crippen LogP) is 5.46. The average Bonchev–Trinajstić information content (AvgIpc) is 3.19. The first kappa shape index (κ1) is 23.7. The van der Waals surface area contributed by atoms with Crippen LogP contribution in [0.1, 0.15) is 67.3 Å². The van der Waals surface area contributed by atoms with Gasteiger partial charge in [-0.05, 0) is 45.2 Å². The number of esters is 1. The number of anilines is 1. The molecule has 170 valence electrons. The monoisotopic (exact) mass is 455 g/mol. The Morgan fingerprint density at radius 1 is 1.12 bits per heavy atom. The van der Waals surface area contributed by atoms with E-state index in [0.717, 1.165) is 21.6 Å². The van der Waals surface area contributed by atoms with Crippen LogP contribution in [0.4, 0.5) is 5.00 Å². The molecule has 3 atom stereocenters. The van der Waals surface area contributed by atoms with Crippen LogP contribution in [0.3, 0.4) is 0 Å². The minimum Gasteiger partial charge on any atom is -0.481 e. The summed E-state index contributed by atoms with van der Waals surface area (Å²) in [6, 6.07) is 11.7. The normalized spacial score (nSPS) is 19.4. The average molecular weight is 456 g/mol. The van der Waals surface area contributed by atoms with Crippen molar-refractivity contribution in [3.8, 4) is 0 Å². The van der Waals surface area contributed by atoms with Gasteiger partial charge in [0.15, 0.2) is 0 Å². The largest absolute Gasteiger partial charge is 0.481 e. The minimum atomic E-state index is -0.979. The number of carbonyl (C=O) groups is 3. The summed E-state index contributed by atoms with van der Waals surface area (Å²) in [6.07, 6.45) is 0.743. The SMILES string of the molecule is CCOC(=O)c1cc([C@H](C)c2ccccc2)sc1NC(=O)[C@@H]1CC(C)=C(C)C[C@H]1C(=O)O. The number of hydrogen-bond donors (Lipinski definition) is 2. The highest BCUT2D eigenvalue weighted by Crippen LogP contribution is 2.39. The molecule has 1 aliphatic carbocycles. The van der Waals surface area contributed by atoms with Crippen LogP contribution in [-0.4, -0.2) is 29.6 Å². The van der Waals surface area contributed by atoms with Crippen LogP contribution in [0.5, 0.6) is 0 Å². The Bertz CT molecular complexity index is 1040. The molecule has 32 heavy (non-hydrogen) atoms. The van der Waals surface area contributed by atoms with Gasteiger partial charge in [-0.1, -0.05) is 48.4 Å². The summed E-state index contributed by atoms with van der Waals surface area (Å²) in [6.45, 7) is 7.84. The second kappa shape index (κ2) is 10.1. The van der Waals surface area contributed by atoms with Gasteiger partial charge < -0.3 is 15.2 Å². The first-order valence-corrected chi connectivity index (χ1v) is 11.6. The Kier molecular flexibility index (Phi) is 7.51. The maximum atomic E-state index is 13.2. The predicted molar refractivity (Wildman–Crippen MR) is 125 cm³/mol. The molecule has 6 nitrogen and oxygen atoms in total. The van der Waals surface area contributed by atoms with E-state index in [9.17, 15) is 19.5 Å². The van der Waals surface area contributed by atoms with E-state index in [0.29, 0.717) is 23.4 Å². The van der Waals surface area contributed by atoms with Crippen LogP contribution in [0.25, 0.3) is 0 Å². The van der Waals surface area contributed by atoms with Gasteiger partial charge in [-0.15, -0.1) is 11.3 Å². The molecule has 0 fully saturated rings. The topological polar surface area (TPSA) is 92.7 Å². The minimum absolute atomic E-state index is 0.0225. The van der Waals surface area contributed by atoms with Crippen molar-refractivity contribution in [2.75, 3.05) is 11.9 Å². The molecule has 1 amide bonds. The number of benzene rings is 1. The molecule has 0 saturated carbocycles. The van der Waals surface area contributed by atoms with E-state index < -0.39 is 23.8 Å². The lowest BCUT2D eigenvalue weighted by Crippen LogP contribution is -2.36. The van der Waals surface area contributed by atoms with Crippen molar-refractivity contribution in [3.63, 3.8) is 0 Å². The van der Waals surface area contributed by atoms with Gasteiger partial charge in [-0.3, -0.25) is 9.59 Å². The van der Waals surface area contributed by atoms with Crippen LogP contribution in [0.2, 0.25) is 0 Å². The molecule has 0 radical (unpaired) electrons. The highest BCUT2D eigenvalue weighted by molar-refractivity contribution is 7.16. The molecule has 1 aromatic carbocycles. The zero-order chi connectivity index (χ0) is 23.4. The highest BCUT2D eigenvalue weighted by atomic mass is 32.1. The molecular weight excluding hydrogens is 426 g/mol. The van der Waals surface area contributed by atoms with Gasteiger partial charge in [0.25, 0.3) is 0 Å². The van der Waals surface area contributed by atoms with Crippen LogP contribution in [0.15, 0.2) is 47.5 Å². The van der Waals surface area contributed by atoms with Gasteiger partial charge in [0.2, 0.25) is 5.91 Å². The molecule has 2 N–H and O–H groups in total. The Labute approximate surface area is 192 Å². The smallest absolute Gasteiger partial charge is 0.341 e. The highest BCUT2D eigenvalue weighted by Gasteiger charge is 2.38. The number of aliphatic carboxylic acids is 1. The maximum absolute atomic E-state index is 13.2. The number of carbonyl (C=O) groups excluding carboxylic acids is 2. The summed E-state index contributed by atoms with van der Waals surface area (Å²) in [5.41, 5.74) is 3.45. The summed E-state index contributed by atoms with van der Waals surface area (Å²) in [5.74, 6) is -3.32. The van der Waals surface area contributed by atoms with Crippen LogP contribution < -0.4 is 5.32 Å². The molecule has 0 spiro atoms. The van der Waals surface area contributed by atoms with Crippen LogP contribution in [0, 0.1) is 11.8 Å². The number of amides is 1. The van der Waals surface area contributed by atoms with Crippen molar-refractivity contribution in [2.45, 2.75) is 46.5 Å². The molecule has 1 heterocycles. The third-order valence-electron chi connectivity index (χ3n) is 6.13. The molecule has 2 aromatic rings. The van der Waals surface area contributed by atoms with E-state index in [1.165, 1.54) is 11.3 Å². The number of allylic oxidation sites excluding steroid dienone is 2. The van der Waals surface area contributed by atoms with Gasteiger partial charge >= 0.3 is 11.9 Å². The van der Waals surface area contributed by atoms with Crippen molar-refractivity contribution in [1.29, 1.82) is 0 Å². The Balaban J connectivity index is 1.92. The summed E-state index contributed by atoms with van der Waals surface area (Å²) < 4.78 is 5.20. The molecule has 0 saturated heterocycles. The maximum Gasteiger partial charge on any atom is 0.341 e.